The van der Waals surface area contributed by atoms with Crippen molar-refractivity contribution in [3.05, 3.63) is 29.3 Å². The number of nitrogens with two attached hydrogens (primary N) is 1. The number of rotatable bonds is 2. The van der Waals surface area contributed by atoms with Crippen LogP contribution in [0.15, 0.2) is 18.2 Å². The number of amides is 1. The van der Waals surface area contributed by atoms with Crippen molar-refractivity contribution in [1.29, 1.82) is 0 Å². The number of carbonyl (C=O) groups is 1. The quantitative estimate of drug-likeness (QED) is 0.875. The predicted molar refractivity (Wildman–Crippen MR) is 81.7 cm³/mol. The highest BCUT2D eigenvalue weighted by molar-refractivity contribution is 5.92. The maximum Gasteiger partial charge on any atom is 0.227 e. The number of carbonyl (C=O) groups excluding carboxylic acids is 1. The first-order chi connectivity index (χ1) is 8.56. The summed E-state index contributed by atoms with van der Waals surface area (Å²) in [5.41, 5.74) is 9.26. The van der Waals surface area contributed by atoms with Crippen LogP contribution in [0.3, 0.4) is 0 Å². The summed E-state index contributed by atoms with van der Waals surface area (Å²) in [5, 5.41) is 3.01. The van der Waals surface area contributed by atoms with Crippen LogP contribution in [0.5, 0.6) is 0 Å². The average molecular weight is 283 g/mol. The Morgan fingerprint density at radius 2 is 2.00 bits per heavy atom. The van der Waals surface area contributed by atoms with Gasteiger partial charge in [-0.2, -0.15) is 0 Å². The second-order valence-electron chi connectivity index (χ2n) is 5.41. The van der Waals surface area contributed by atoms with E-state index in [-0.39, 0.29) is 30.3 Å². The van der Waals surface area contributed by atoms with Crippen molar-refractivity contribution >= 4 is 24.0 Å². The van der Waals surface area contributed by atoms with Gasteiger partial charge in [0.15, 0.2) is 0 Å². The Balaban J connectivity index is 0.00000180. The number of benzene rings is 1. The van der Waals surface area contributed by atoms with Crippen molar-refractivity contribution in [2.45, 2.75) is 45.6 Å². The molecule has 0 spiro atoms. The van der Waals surface area contributed by atoms with E-state index < -0.39 is 0 Å². The van der Waals surface area contributed by atoms with Crippen molar-refractivity contribution in [2.75, 3.05) is 5.32 Å². The molecule has 1 aromatic carbocycles. The summed E-state index contributed by atoms with van der Waals surface area (Å²) < 4.78 is 0. The van der Waals surface area contributed by atoms with Gasteiger partial charge in [0.05, 0.1) is 0 Å². The van der Waals surface area contributed by atoms with Crippen LogP contribution in [0.25, 0.3) is 0 Å². The zero-order valence-corrected chi connectivity index (χ0v) is 12.4. The minimum Gasteiger partial charge on any atom is -0.328 e. The maximum absolute atomic E-state index is 12.1. The molecule has 19 heavy (non-hydrogen) atoms. The van der Waals surface area contributed by atoms with E-state index in [0.29, 0.717) is 0 Å². The molecule has 0 aliphatic heterocycles. The van der Waals surface area contributed by atoms with E-state index in [1.807, 2.05) is 18.2 Å². The van der Waals surface area contributed by atoms with Gasteiger partial charge < -0.3 is 11.1 Å². The molecular formula is C15H23ClN2O. The van der Waals surface area contributed by atoms with Crippen LogP contribution in [0.1, 0.15) is 36.8 Å². The zero-order chi connectivity index (χ0) is 13.1. The smallest absolute Gasteiger partial charge is 0.227 e. The molecule has 1 amide bonds. The van der Waals surface area contributed by atoms with Gasteiger partial charge in [0.1, 0.15) is 0 Å². The van der Waals surface area contributed by atoms with Crippen LogP contribution < -0.4 is 11.1 Å². The third kappa shape index (κ3) is 4.22. The first-order valence-electron chi connectivity index (χ1n) is 6.70. The molecule has 0 aromatic heterocycles. The van der Waals surface area contributed by atoms with Crippen LogP contribution in [0, 0.1) is 19.8 Å². The molecule has 1 saturated carbocycles. The third-order valence-corrected chi connectivity index (χ3v) is 3.86. The fourth-order valence-electron chi connectivity index (χ4n) is 2.53. The fraction of sp³-hybridized carbons (Fsp3) is 0.533. The lowest BCUT2D eigenvalue weighted by molar-refractivity contribution is -0.120. The summed E-state index contributed by atoms with van der Waals surface area (Å²) in [7, 11) is 0. The van der Waals surface area contributed by atoms with Crippen molar-refractivity contribution < 1.29 is 4.79 Å². The minimum absolute atomic E-state index is 0. The lowest BCUT2D eigenvalue weighted by Crippen LogP contribution is -2.34. The molecular weight excluding hydrogens is 260 g/mol. The molecule has 0 radical (unpaired) electrons. The molecule has 0 heterocycles. The van der Waals surface area contributed by atoms with E-state index in [0.717, 1.165) is 31.4 Å². The van der Waals surface area contributed by atoms with Crippen molar-refractivity contribution in [3.8, 4) is 0 Å². The van der Waals surface area contributed by atoms with Crippen LogP contribution in [0.4, 0.5) is 5.69 Å². The molecule has 1 aliphatic carbocycles. The van der Waals surface area contributed by atoms with Crippen LogP contribution in [-0.2, 0) is 4.79 Å². The van der Waals surface area contributed by atoms with Gasteiger partial charge in [0, 0.05) is 17.6 Å². The molecule has 3 nitrogen and oxygen atoms in total. The van der Waals surface area contributed by atoms with Gasteiger partial charge in [-0.3, -0.25) is 4.79 Å². The molecule has 4 heteroatoms. The molecule has 1 aliphatic rings. The molecule has 1 aromatic rings. The summed E-state index contributed by atoms with van der Waals surface area (Å²) in [6.45, 7) is 4.13. The summed E-state index contributed by atoms with van der Waals surface area (Å²) in [6.07, 6.45) is 3.89. The third-order valence-electron chi connectivity index (χ3n) is 3.86. The predicted octanol–water partition coefficient (Wildman–Crippen LogP) is 3.18. The molecule has 0 saturated heterocycles. The van der Waals surface area contributed by atoms with E-state index in [2.05, 4.69) is 19.2 Å². The minimum atomic E-state index is 0. The second kappa shape index (κ2) is 6.92. The van der Waals surface area contributed by atoms with Gasteiger partial charge in [-0.25, -0.2) is 0 Å². The van der Waals surface area contributed by atoms with E-state index in [4.69, 9.17) is 5.73 Å². The summed E-state index contributed by atoms with van der Waals surface area (Å²) in [4.78, 5) is 12.1. The molecule has 2 atom stereocenters. The number of halogens is 1. The average Bonchev–Trinajstić information content (AvgIpc) is 2.34. The van der Waals surface area contributed by atoms with Crippen molar-refractivity contribution in [3.63, 3.8) is 0 Å². The highest BCUT2D eigenvalue weighted by Gasteiger charge is 2.25. The molecule has 1 fully saturated rings. The van der Waals surface area contributed by atoms with Gasteiger partial charge >= 0.3 is 0 Å². The highest BCUT2D eigenvalue weighted by atomic mass is 35.5. The largest absolute Gasteiger partial charge is 0.328 e. The molecule has 106 valence electrons. The molecule has 3 N–H and O–H groups in total. The lowest BCUT2D eigenvalue weighted by Gasteiger charge is -2.25. The SMILES string of the molecule is Cc1ccc(NC(=O)C2CCCC(N)C2)cc1C.Cl. The number of nitrogens with one attached hydrogen (secondary N) is 1. The van der Waals surface area contributed by atoms with E-state index >= 15 is 0 Å². The van der Waals surface area contributed by atoms with Gasteiger partial charge in [-0.1, -0.05) is 12.5 Å². The van der Waals surface area contributed by atoms with E-state index in [9.17, 15) is 4.79 Å². The Kier molecular flexibility index (Phi) is 5.83. The first-order valence-corrected chi connectivity index (χ1v) is 6.70. The van der Waals surface area contributed by atoms with Crippen LogP contribution in [0.2, 0.25) is 0 Å². The van der Waals surface area contributed by atoms with Gasteiger partial charge in [0.25, 0.3) is 0 Å². The van der Waals surface area contributed by atoms with Crippen molar-refractivity contribution in [2.24, 2.45) is 11.7 Å². The second-order valence-corrected chi connectivity index (χ2v) is 5.41. The Bertz CT molecular complexity index is 448. The zero-order valence-electron chi connectivity index (χ0n) is 11.6. The Morgan fingerprint density at radius 1 is 1.26 bits per heavy atom. The van der Waals surface area contributed by atoms with E-state index in [1.165, 1.54) is 11.1 Å². The van der Waals surface area contributed by atoms with E-state index in [1.54, 1.807) is 0 Å². The number of hydrogen-bond donors (Lipinski definition) is 2. The standard InChI is InChI=1S/C15H22N2O.ClH/c1-10-6-7-14(8-11(10)2)17-15(18)12-4-3-5-13(16)9-12;/h6-8,12-13H,3-5,9,16H2,1-2H3,(H,17,18);1H. The summed E-state index contributed by atoms with van der Waals surface area (Å²) in [6, 6.07) is 6.21. The fourth-order valence-corrected chi connectivity index (χ4v) is 2.53. The molecule has 0 bridgehead atoms. The normalized spacial score (nSPS) is 22.5. The summed E-state index contributed by atoms with van der Waals surface area (Å²) in [5.74, 6) is 0.198. The number of aryl methyl sites for hydroxylation is 2. The topological polar surface area (TPSA) is 55.1 Å². The Labute approximate surface area is 121 Å². The Hall–Kier alpha value is -1.06. The lowest BCUT2D eigenvalue weighted by atomic mass is 9.85. The first kappa shape index (κ1) is 16.0. The summed E-state index contributed by atoms with van der Waals surface area (Å²) >= 11 is 0. The van der Waals surface area contributed by atoms with Gasteiger partial charge in [0.2, 0.25) is 5.91 Å². The van der Waals surface area contributed by atoms with Crippen LogP contribution >= 0.6 is 12.4 Å². The highest BCUT2D eigenvalue weighted by Crippen LogP contribution is 2.25. The molecule has 2 unspecified atom stereocenters. The van der Waals surface area contributed by atoms with Gasteiger partial charge in [-0.05, 0) is 56.4 Å². The molecule has 2 rings (SSSR count). The number of anilines is 1. The monoisotopic (exact) mass is 282 g/mol. The van der Waals surface area contributed by atoms with Crippen molar-refractivity contribution in [1.82, 2.24) is 0 Å². The Morgan fingerprint density at radius 3 is 2.63 bits per heavy atom. The van der Waals surface area contributed by atoms with Gasteiger partial charge in [-0.15, -0.1) is 12.4 Å². The number of hydrogen-bond acceptors (Lipinski definition) is 2. The maximum atomic E-state index is 12.1. The van der Waals surface area contributed by atoms with Crippen LogP contribution in [-0.4, -0.2) is 11.9 Å².